The fourth-order valence-corrected chi connectivity index (χ4v) is 3.35. The van der Waals surface area contributed by atoms with Crippen molar-refractivity contribution in [3.63, 3.8) is 0 Å². The van der Waals surface area contributed by atoms with E-state index in [-0.39, 0.29) is 18.6 Å². The van der Waals surface area contributed by atoms with E-state index in [1.54, 1.807) is 4.90 Å². The van der Waals surface area contributed by atoms with Gasteiger partial charge in [-0.3, -0.25) is 0 Å². The summed E-state index contributed by atoms with van der Waals surface area (Å²) in [6.07, 6.45) is 0.946. The van der Waals surface area contributed by atoms with Gasteiger partial charge in [-0.1, -0.05) is 30.3 Å². The number of nitrogens with zero attached hydrogens (tertiary/aromatic N) is 1. The predicted molar refractivity (Wildman–Crippen MR) is 111 cm³/mol. The molecule has 8 nitrogen and oxygen atoms in total. The van der Waals surface area contributed by atoms with E-state index in [9.17, 15) is 14.4 Å². The minimum Gasteiger partial charge on any atom is -0.467 e. The monoisotopic (exact) mass is 420 g/mol. The first-order chi connectivity index (χ1) is 14.2. The number of methoxy groups -OCH3 is 1. The molecule has 1 fully saturated rings. The van der Waals surface area contributed by atoms with E-state index < -0.39 is 23.7 Å². The van der Waals surface area contributed by atoms with Gasteiger partial charge in [0, 0.05) is 13.1 Å². The number of hydrogen-bond donors (Lipinski definition) is 1. The summed E-state index contributed by atoms with van der Waals surface area (Å²) < 4.78 is 15.5. The number of amides is 2. The molecule has 0 bridgehead atoms. The standard InChI is InChI=1S/C22H32N2O6/c1-22(2,3)30-21(27)24-12-8-11-17(14-24)13-18(19(25)28-4)23-20(26)29-15-16-9-6-5-7-10-16/h5-7,9-10,17-18H,8,11-15H2,1-4H3,(H,23,26)/t17?,18-/m1/s1. The first-order valence-electron chi connectivity index (χ1n) is 10.2. The van der Waals surface area contributed by atoms with Crippen molar-refractivity contribution >= 4 is 18.2 Å². The molecule has 1 N–H and O–H groups in total. The third kappa shape index (κ3) is 7.93. The van der Waals surface area contributed by atoms with Crippen LogP contribution >= 0.6 is 0 Å². The van der Waals surface area contributed by atoms with E-state index in [0.29, 0.717) is 19.5 Å². The maximum Gasteiger partial charge on any atom is 0.410 e. The molecule has 1 aliphatic heterocycles. The van der Waals surface area contributed by atoms with Crippen molar-refractivity contribution < 1.29 is 28.6 Å². The summed E-state index contributed by atoms with van der Waals surface area (Å²) in [7, 11) is 1.28. The summed E-state index contributed by atoms with van der Waals surface area (Å²) in [5.74, 6) is -0.508. The van der Waals surface area contributed by atoms with E-state index in [1.807, 2.05) is 51.1 Å². The average molecular weight is 421 g/mol. The van der Waals surface area contributed by atoms with Crippen molar-refractivity contribution in [2.75, 3.05) is 20.2 Å². The number of piperidine rings is 1. The van der Waals surface area contributed by atoms with Crippen LogP contribution in [0, 0.1) is 5.92 Å². The minimum absolute atomic E-state index is 0.0322. The van der Waals surface area contributed by atoms with Crippen molar-refractivity contribution in [1.82, 2.24) is 10.2 Å². The van der Waals surface area contributed by atoms with Gasteiger partial charge < -0.3 is 24.4 Å². The molecule has 1 aromatic rings. The molecule has 2 amide bonds. The number of carbonyl (C=O) groups is 3. The Morgan fingerprint density at radius 1 is 1.20 bits per heavy atom. The zero-order valence-corrected chi connectivity index (χ0v) is 18.2. The topological polar surface area (TPSA) is 94.2 Å². The summed E-state index contributed by atoms with van der Waals surface area (Å²) in [6, 6.07) is 8.43. The molecule has 30 heavy (non-hydrogen) atoms. The van der Waals surface area contributed by atoms with Gasteiger partial charge in [0.15, 0.2) is 0 Å². The fourth-order valence-electron chi connectivity index (χ4n) is 3.35. The first-order valence-corrected chi connectivity index (χ1v) is 10.2. The lowest BCUT2D eigenvalue weighted by atomic mass is 9.91. The molecule has 8 heteroatoms. The zero-order chi connectivity index (χ0) is 22.1. The molecule has 0 aliphatic carbocycles. The second kappa shape index (κ2) is 10.8. The zero-order valence-electron chi connectivity index (χ0n) is 18.2. The summed E-state index contributed by atoms with van der Waals surface area (Å²) in [5.41, 5.74) is 0.283. The van der Waals surface area contributed by atoms with Crippen LogP contribution in [0.4, 0.5) is 9.59 Å². The highest BCUT2D eigenvalue weighted by molar-refractivity contribution is 5.81. The average Bonchev–Trinajstić information content (AvgIpc) is 2.71. The number of ether oxygens (including phenoxy) is 3. The van der Waals surface area contributed by atoms with Crippen LogP contribution in [0.15, 0.2) is 30.3 Å². The molecular weight excluding hydrogens is 388 g/mol. The van der Waals surface area contributed by atoms with E-state index in [4.69, 9.17) is 14.2 Å². The van der Waals surface area contributed by atoms with Crippen LogP contribution in [-0.4, -0.2) is 54.9 Å². The molecule has 1 saturated heterocycles. The highest BCUT2D eigenvalue weighted by atomic mass is 16.6. The van der Waals surface area contributed by atoms with Gasteiger partial charge in [0.25, 0.3) is 0 Å². The van der Waals surface area contributed by atoms with Crippen LogP contribution in [0.3, 0.4) is 0 Å². The lowest BCUT2D eigenvalue weighted by Gasteiger charge is -2.35. The maximum atomic E-state index is 12.4. The van der Waals surface area contributed by atoms with Gasteiger partial charge in [-0.2, -0.15) is 0 Å². The number of esters is 1. The van der Waals surface area contributed by atoms with E-state index in [2.05, 4.69) is 5.32 Å². The van der Waals surface area contributed by atoms with Crippen LogP contribution in [0.1, 0.15) is 45.6 Å². The Balaban J connectivity index is 1.90. The molecule has 1 aliphatic rings. The SMILES string of the molecule is COC(=O)[C@@H](CC1CCCN(C(=O)OC(C)(C)C)C1)NC(=O)OCc1ccccc1. The van der Waals surface area contributed by atoms with E-state index >= 15 is 0 Å². The van der Waals surface area contributed by atoms with Crippen molar-refractivity contribution in [3.05, 3.63) is 35.9 Å². The quantitative estimate of drug-likeness (QED) is 0.559. The molecule has 1 heterocycles. The van der Waals surface area contributed by atoms with Gasteiger partial charge in [-0.05, 0) is 51.5 Å². The van der Waals surface area contributed by atoms with Gasteiger partial charge in [-0.25, -0.2) is 14.4 Å². The van der Waals surface area contributed by atoms with Gasteiger partial charge >= 0.3 is 18.2 Å². The normalized spacial score (nSPS) is 17.6. The second-order valence-corrected chi connectivity index (χ2v) is 8.45. The third-order valence-corrected chi connectivity index (χ3v) is 4.73. The van der Waals surface area contributed by atoms with Crippen LogP contribution < -0.4 is 5.32 Å². The molecule has 0 aromatic heterocycles. The smallest absolute Gasteiger partial charge is 0.410 e. The lowest BCUT2D eigenvalue weighted by molar-refractivity contribution is -0.143. The Morgan fingerprint density at radius 3 is 2.53 bits per heavy atom. The highest BCUT2D eigenvalue weighted by Gasteiger charge is 2.32. The van der Waals surface area contributed by atoms with Gasteiger partial charge in [0.05, 0.1) is 7.11 Å². The van der Waals surface area contributed by atoms with Gasteiger partial charge in [0.1, 0.15) is 18.2 Å². The van der Waals surface area contributed by atoms with Gasteiger partial charge in [-0.15, -0.1) is 0 Å². The van der Waals surface area contributed by atoms with Crippen LogP contribution in [0.25, 0.3) is 0 Å². The van der Waals surface area contributed by atoms with E-state index in [0.717, 1.165) is 18.4 Å². The van der Waals surface area contributed by atoms with Crippen molar-refractivity contribution in [2.45, 2.75) is 58.3 Å². The molecule has 2 rings (SSSR count). The fraction of sp³-hybridized carbons (Fsp3) is 0.591. The number of rotatable bonds is 6. The van der Waals surface area contributed by atoms with Crippen LogP contribution in [-0.2, 0) is 25.6 Å². The Kier molecular flexibility index (Phi) is 8.50. The maximum absolute atomic E-state index is 12.4. The molecule has 0 saturated carbocycles. The molecular formula is C22H32N2O6. The summed E-state index contributed by atoms with van der Waals surface area (Å²) in [4.78, 5) is 38.4. The lowest BCUT2D eigenvalue weighted by Crippen LogP contribution is -2.47. The third-order valence-electron chi connectivity index (χ3n) is 4.73. The Morgan fingerprint density at radius 2 is 1.90 bits per heavy atom. The molecule has 0 radical (unpaired) electrons. The minimum atomic E-state index is -0.846. The summed E-state index contributed by atoms with van der Waals surface area (Å²) in [6.45, 7) is 6.65. The molecule has 1 aromatic carbocycles. The number of benzene rings is 1. The molecule has 0 spiro atoms. The number of carbonyl (C=O) groups excluding carboxylic acids is 3. The van der Waals surface area contributed by atoms with Crippen molar-refractivity contribution in [2.24, 2.45) is 5.92 Å². The number of alkyl carbamates (subject to hydrolysis) is 1. The van der Waals surface area contributed by atoms with Crippen molar-refractivity contribution in [1.29, 1.82) is 0 Å². The van der Waals surface area contributed by atoms with Gasteiger partial charge in [0.2, 0.25) is 0 Å². The Hall–Kier alpha value is -2.77. The Bertz CT molecular complexity index is 716. The predicted octanol–water partition coefficient (Wildman–Crippen LogP) is 3.49. The summed E-state index contributed by atoms with van der Waals surface area (Å²) in [5, 5.41) is 2.60. The molecule has 2 atom stereocenters. The number of hydrogen-bond acceptors (Lipinski definition) is 6. The number of likely N-dealkylation sites (tertiary alicyclic amines) is 1. The van der Waals surface area contributed by atoms with E-state index in [1.165, 1.54) is 7.11 Å². The van der Waals surface area contributed by atoms with Crippen LogP contribution in [0.2, 0.25) is 0 Å². The molecule has 1 unspecified atom stereocenters. The van der Waals surface area contributed by atoms with Crippen molar-refractivity contribution in [3.8, 4) is 0 Å². The van der Waals surface area contributed by atoms with Crippen LogP contribution in [0.5, 0.6) is 0 Å². The second-order valence-electron chi connectivity index (χ2n) is 8.45. The largest absolute Gasteiger partial charge is 0.467 e. The Labute approximate surface area is 177 Å². The first kappa shape index (κ1) is 23.5. The summed E-state index contributed by atoms with van der Waals surface area (Å²) >= 11 is 0. The molecule has 166 valence electrons. The number of nitrogens with one attached hydrogen (secondary N) is 1. The highest BCUT2D eigenvalue weighted by Crippen LogP contribution is 2.23.